The summed E-state index contributed by atoms with van der Waals surface area (Å²) in [4.78, 5) is 10.7. The Kier molecular flexibility index (Phi) is 1.89. The highest BCUT2D eigenvalue weighted by Gasteiger charge is 2.67. The van der Waals surface area contributed by atoms with Crippen LogP contribution >= 0.6 is 0 Å². The molecule has 3 fully saturated rings. The molecule has 0 aromatic carbocycles. The molecule has 0 spiro atoms. The first-order valence-electron chi connectivity index (χ1n) is 6.77. The van der Waals surface area contributed by atoms with Crippen LogP contribution in [0, 0.1) is 35.5 Å². The number of ether oxygens (including phenoxy) is 1. The second-order valence-electron chi connectivity index (χ2n) is 6.03. The van der Waals surface area contributed by atoms with Crippen LogP contribution in [0.5, 0.6) is 0 Å². The van der Waals surface area contributed by atoms with Crippen molar-refractivity contribution in [3.63, 3.8) is 0 Å². The molecule has 2 bridgehead atoms. The van der Waals surface area contributed by atoms with Gasteiger partial charge in [0.15, 0.2) is 0 Å². The zero-order valence-corrected chi connectivity index (χ0v) is 10.1. The predicted octanol–water partition coefficient (Wildman–Crippen LogP) is 2.56. The molecule has 4 aliphatic rings. The molecule has 6 atom stereocenters. The molecule has 0 aliphatic heterocycles. The average Bonchev–Trinajstić information content (AvgIpc) is 2.73. The van der Waals surface area contributed by atoms with Crippen molar-refractivity contribution in [2.24, 2.45) is 35.5 Å². The van der Waals surface area contributed by atoms with E-state index in [1.54, 1.807) is 5.57 Å². The Morgan fingerprint density at radius 1 is 1.41 bits per heavy atom. The summed E-state index contributed by atoms with van der Waals surface area (Å²) in [6.07, 6.45) is 9.81. The van der Waals surface area contributed by atoms with Gasteiger partial charge in [0.2, 0.25) is 0 Å². The van der Waals surface area contributed by atoms with Gasteiger partial charge in [-0.2, -0.15) is 0 Å². The highest BCUT2D eigenvalue weighted by Crippen LogP contribution is 2.74. The van der Waals surface area contributed by atoms with E-state index >= 15 is 0 Å². The molecule has 17 heavy (non-hydrogen) atoms. The average molecular weight is 230 g/mol. The number of hydrogen-bond donors (Lipinski definition) is 0. The normalized spacial score (nSPS) is 50.5. The molecule has 0 saturated heterocycles. The fourth-order valence-corrected chi connectivity index (χ4v) is 4.94. The summed E-state index contributed by atoms with van der Waals surface area (Å²) < 4.78 is 5.01. The Morgan fingerprint density at radius 2 is 2.24 bits per heavy atom. The molecular weight excluding hydrogens is 212 g/mol. The van der Waals surface area contributed by atoms with E-state index in [9.17, 15) is 4.79 Å². The molecule has 0 aromatic rings. The summed E-state index contributed by atoms with van der Waals surface area (Å²) in [7, 11) is 0. The minimum absolute atomic E-state index is 0.171. The maximum Gasteiger partial charge on any atom is 0.302 e. The van der Waals surface area contributed by atoms with E-state index < -0.39 is 0 Å². The summed E-state index contributed by atoms with van der Waals surface area (Å²) in [5, 5.41) is 0. The maximum absolute atomic E-state index is 10.7. The summed E-state index contributed by atoms with van der Waals surface area (Å²) in [6, 6.07) is 0. The summed E-state index contributed by atoms with van der Waals surface area (Å²) in [5.41, 5.74) is 1.61. The quantitative estimate of drug-likeness (QED) is 0.538. The number of esters is 1. The molecule has 0 aromatic heterocycles. The second-order valence-corrected chi connectivity index (χ2v) is 6.03. The standard InChI is InChI=1S/C15H18O2/c1-8(16)17-6-5-11-14-12-7-13(15(11)14)10-4-2-3-9(10)12/h2-3,5,9-10,12-15H,4,6-7H2,1H3/b11-5+. The third-order valence-corrected chi connectivity index (χ3v) is 5.43. The smallest absolute Gasteiger partial charge is 0.302 e. The lowest BCUT2D eigenvalue weighted by molar-refractivity contribution is -0.139. The first-order chi connectivity index (χ1) is 8.27. The number of rotatable bonds is 2. The van der Waals surface area contributed by atoms with Crippen molar-refractivity contribution < 1.29 is 9.53 Å². The zero-order chi connectivity index (χ0) is 11.6. The van der Waals surface area contributed by atoms with Gasteiger partial charge in [-0.1, -0.05) is 17.7 Å². The molecule has 2 heteroatoms. The van der Waals surface area contributed by atoms with E-state index in [1.165, 1.54) is 19.8 Å². The summed E-state index contributed by atoms with van der Waals surface area (Å²) >= 11 is 0. The Labute approximate surface area is 102 Å². The minimum Gasteiger partial charge on any atom is -0.462 e. The van der Waals surface area contributed by atoms with Gasteiger partial charge in [0.05, 0.1) is 0 Å². The maximum atomic E-state index is 10.7. The van der Waals surface area contributed by atoms with E-state index in [2.05, 4.69) is 18.2 Å². The van der Waals surface area contributed by atoms with Crippen molar-refractivity contribution in [3.8, 4) is 0 Å². The topological polar surface area (TPSA) is 26.3 Å². The molecule has 4 aliphatic carbocycles. The summed E-state index contributed by atoms with van der Waals surface area (Å²) in [6.45, 7) is 1.97. The van der Waals surface area contributed by atoms with Gasteiger partial charge in [0, 0.05) is 6.92 Å². The molecule has 0 heterocycles. The Morgan fingerprint density at radius 3 is 3.06 bits per heavy atom. The van der Waals surface area contributed by atoms with Crippen LogP contribution < -0.4 is 0 Å². The van der Waals surface area contributed by atoms with Crippen LogP contribution in [0.25, 0.3) is 0 Å². The highest BCUT2D eigenvalue weighted by atomic mass is 16.5. The van der Waals surface area contributed by atoms with Gasteiger partial charge in [-0.05, 0) is 54.4 Å². The molecule has 3 saturated carbocycles. The summed E-state index contributed by atoms with van der Waals surface area (Å²) in [5.74, 6) is 5.21. The fourth-order valence-electron chi connectivity index (χ4n) is 4.94. The molecule has 90 valence electrons. The van der Waals surface area contributed by atoms with Gasteiger partial charge in [-0.25, -0.2) is 0 Å². The molecule has 4 rings (SSSR count). The lowest BCUT2D eigenvalue weighted by atomic mass is 9.82. The fraction of sp³-hybridized carbons (Fsp3) is 0.667. The molecule has 0 amide bonds. The SMILES string of the molecule is CC(=O)OC/C=C1\C2C3CC(C4CC=CC43)C12. The van der Waals surface area contributed by atoms with Crippen molar-refractivity contribution in [1.29, 1.82) is 0 Å². The van der Waals surface area contributed by atoms with Crippen LogP contribution in [-0.2, 0) is 9.53 Å². The first-order valence-corrected chi connectivity index (χ1v) is 6.77. The molecule has 6 unspecified atom stereocenters. The second kappa shape index (κ2) is 3.24. The van der Waals surface area contributed by atoms with E-state index in [-0.39, 0.29) is 5.97 Å². The van der Waals surface area contributed by atoms with Crippen LogP contribution in [-0.4, -0.2) is 12.6 Å². The minimum atomic E-state index is -0.171. The van der Waals surface area contributed by atoms with Crippen molar-refractivity contribution in [1.82, 2.24) is 0 Å². The monoisotopic (exact) mass is 230 g/mol. The lowest BCUT2D eigenvalue weighted by Crippen LogP contribution is -2.18. The van der Waals surface area contributed by atoms with E-state index in [4.69, 9.17) is 4.74 Å². The van der Waals surface area contributed by atoms with Crippen molar-refractivity contribution in [2.45, 2.75) is 19.8 Å². The van der Waals surface area contributed by atoms with Gasteiger partial charge in [0.25, 0.3) is 0 Å². The predicted molar refractivity (Wildman–Crippen MR) is 64.0 cm³/mol. The van der Waals surface area contributed by atoms with Crippen molar-refractivity contribution in [3.05, 3.63) is 23.8 Å². The van der Waals surface area contributed by atoms with Gasteiger partial charge < -0.3 is 4.74 Å². The van der Waals surface area contributed by atoms with Crippen molar-refractivity contribution in [2.75, 3.05) is 6.61 Å². The number of carbonyl (C=O) groups is 1. The molecule has 2 nitrogen and oxygen atoms in total. The van der Waals surface area contributed by atoms with Crippen LogP contribution in [0.3, 0.4) is 0 Å². The van der Waals surface area contributed by atoms with Gasteiger partial charge in [-0.15, -0.1) is 0 Å². The Bertz CT molecular complexity index is 434. The lowest BCUT2D eigenvalue weighted by Gasteiger charge is -2.22. The third-order valence-electron chi connectivity index (χ3n) is 5.43. The number of allylic oxidation sites excluding steroid dienone is 3. The number of carbonyl (C=O) groups excluding carboxylic acids is 1. The van der Waals surface area contributed by atoms with E-state index in [1.807, 2.05) is 0 Å². The number of fused-ring (bicyclic) bond motifs is 8. The molecular formula is C15H18O2. The first kappa shape index (κ1) is 9.93. The highest BCUT2D eigenvalue weighted by molar-refractivity contribution is 5.66. The molecule has 0 radical (unpaired) electrons. The van der Waals surface area contributed by atoms with Gasteiger partial charge in [0.1, 0.15) is 6.61 Å². The van der Waals surface area contributed by atoms with Gasteiger partial charge in [-0.3, -0.25) is 4.79 Å². The van der Waals surface area contributed by atoms with Crippen molar-refractivity contribution >= 4 is 5.97 Å². The van der Waals surface area contributed by atoms with Crippen LogP contribution in [0.2, 0.25) is 0 Å². The van der Waals surface area contributed by atoms with E-state index in [0.29, 0.717) is 6.61 Å². The van der Waals surface area contributed by atoms with Crippen LogP contribution in [0.4, 0.5) is 0 Å². The van der Waals surface area contributed by atoms with Gasteiger partial charge >= 0.3 is 5.97 Å². The van der Waals surface area contributed by atoms with E-state index in [0.717, 1.165) is 35.5 Å². The third kappa shape index (κ3) is 1.24. The van der Waals surface area contributed by atoms with Crippen LogP contribution in [0.15, 0.2) is 23.8 Å². The number of hydrogen-bond acceptors (Lipinski definition) is 2. The Balaban J connectivity index is 1.48. The molecule has 0 N–H and O–H groups in total. The zero-order valence-electron chi connectivity index (χ0n) is 10.1. The van der Waals surface area contributed by atoms with Crippen LogP contribution in [0.1, 0.15) is 19.8 Å². The Hall–Kier alpha value is -1.05. The largest absolute Gasteiger partial charge is 0.462 e.